The lowest BCUT2D eigenvalue weighted by Gasteiger charge is -2.26. The number of ether oxygens (including phenoxy) is 2. The third-order valence-corrected chi connectivity index (χ3v) is 3.96. The van der Waals surface area contributed by atoms with E-state index in [9.17, 15) is 0 Å². The number of hydrogen-bond acceptors (Lipinski definition) is 4. The van der Waals surface area contributed by atoms with Gasteiger partial charge in [0.1, 0.15) is 11.5 Å². The topological polar surface area (TPSA) is 24.9 Å². The van der Waals surface area contributed by atoms with E-state index in [1.807, 2.05) is 12.1 Å². The highest BCUT2D eigenvalue weighted by atomic mass is 16.5. The van der Waals surface area contributed by atoms with Crippen LogP contribution in [0.3, 0.4) is 0 Å². The van der Waals surface area contributed by atoms with Crippen molar-refractivity contribution >= 4 is 0 Å². The molecule has 0 aliphatic rings. The molecular weight excluding hydrogens is 264 g/mol. The normalized spacial score (nSPS) is 11.2. The summed E-state index contributed by atoms with van der Waals surface area (Å²) in [4.78, 5) is 4.89. The summed E-state index contributed by atoms with van der Waals surface area (Å²) in [5.74, 6) is 1.81. The Kier molecular flexibility index (Phi) is 8.16. The highest BCUT2D eigenvalue weighted by Crippen LogP contribution is 2.25. The number of methoxy groups -OCH3 is 2. The largest absolute Gasteiger partial charge is 0.497 e. The fourth-order valence-electron chi connectivity index (χ4n) is 2.42. The standard InChI is InChI=1S/C17H30N2O2/c1-6-18(7-2)11-12-19(8-3)14-15-13-16(20-4)9-10-17(15)21-5/h9-10,13H,6-8,11-12,14H2,1-5H3. The van der Waals surface area contributed by atoms with E-state index in [1.165, 1.54) is 5.56 Å². The molecule has 0 unspecified atom stereocenters. The fraction of sp³-hybridized carbons (Fsp3) is 0.647. The molecule has 0 atom stereocenters. The summed E-state index contributed by atoms with van der Waals surface area (Å²) in [6.07, 6.45) is 0. The van der Waals surface area contributed by atoms with Crippen molar-refractivity contribution in [2.75, 3.05) is 46.9 Å². The van der Waals surface area contributed by atoms with Gasteiger partial charge in [0, 0.05) is 25.2 Å². The zero-order valence-electron chi connectivity index (χ0n) is 14.2. The van der Waals surface area contributed by atoms with Crippen LogP contribution in [0.4, 0.5) is 0 Å². The summed E-state index contributed by atoms with van der Waals surface area (Å²) in [7, 11) is 3.42. The molecule has 0 N–H and O–H groups in total. The van der Waals surface area contributed by atoms with E-state index >= 15 is 0 Å². The Labute approximate surface area is 129 Å². The molecular formula is C17H30N2O2. The van der Waals surface area contributed by atoms with E-state index in [1.54, 1.807) is 14.2 Å². The van der Waals surface area contributed by atoms with Crippen molar-refractivity contribution in [3.05, 3.63) is 23.8 Å². The van der Waals surface area contributed by atoms with Gasteiger partial charge in [-0.1, -0.05) is 20.8 Å². The number of nitrogens with zero attached hydrogens (tertiary/aromatic N) is 2. The molecule has 1 aromatic rings. The molecule has 0 fully saturated rings. The minimum Gasteiger partial charge on any atom is -0.497 e. The third-order valence-electron chi connectivity index (χ3n) is 3.96. The van der Waals surface area contributed by atoms with Crippen LogP contribution in [0.2, 0.25) is 0 Å². The first-order valence-electron chi connectivity index (χ1n) is 7.84. The van der Waals surface area contributed by atoms with E-state index in [-0.39, 0.29) is 0 Å². The Morgan fingerprint density at radius 2 is 1.48 bits per heavy atom. The van der Waals surface area contributed by atoms with Crippen LogP contribution in [0.25, 0.3) is 0 Å². The lowest BCUT2D eigenvalue weighted by atomic mass is 10.1. The monoisotopic (exact) mass is 294 g/mol. The number of benzene rings is 1. The van der Waals surface area contributed by atoms with Gasteiger partial charge >= 0.3 is 0 Å². The van der Waals surface area contributed by atoms with Crippen molar-refractivity contribution in [2.45, 2.75) is 27.3 Å². The Morgan fingerprint density at radius 1 is 0.857 bits per heavy atom. The van der Waals surface area contributed by atoms with Crippen molar-refractivity contribution in [3.63, 3.8) is 0 Å². The maximum absolute atomic E-state index is 5.47. The molecule has 0 saturated heterocycles. The van der Waals surface area contributed by atoms with Crippen molar-refractivity contribution < 1.29 is 9.47 Å². The first-order valence-corrected chi connectivity index (χ1v) is 7.84. The molecule has 0 radical (unpaired) electrons. The quantitative estimate of drug-likeness (QED) is 0.662. The van der Waals surface area contributed by atoms with Crippen molar-refractivity contribution in [2.24, 2.45) is 0 Å². The van der Waals surface area contributed by atoms with Gasteiger partial charge in [-0.05, 0) is 37.8 Å². The van der Waals surface area contributed by atoms with Crippen molar-refractivity contribution in [1.82, 2.24) is 9.80 Å². The Morgan fingerprint density at radius 3 is 2.00 bits per heavy atom. The average molecular weight is 294 g/mol. The molecule has 0 aliphatic heterocycles. The smallest absolute Gasteiger partial charge is 0.123 e. The second-order valence-corrected chi connectivity index (χ2v) is 5.07. The van der Waals surface area contributed by atoms with Crippen LogP contribution in [0.1, 0.15) is 26.3 Å². The van der Waals surface area contributed by atoms with Crippen LogP contribution in [-0.2, 0) is 6.54 Å². The number of likely N-dealkylation sites (N-methyl/N-ethyl adjacent to an activating group) is 2. The molecule has 1 aromatic carbocycles. The zero-order chi connectivity index (χ0) is 15.7. The predicted octanol–water partition coefficient (Wildman–Crippen LogP) is 2.87. The van der Waals surface area contributed by atoms with Gasteiger partial charge in [0.2, 0.25) is 0 Å². The van der Waals surface area contributed by atoms with E-state index in [4.69, 9.17) is 9.47 Å². The minimum atomic E-state index is 0.880. The third kappa shape index (κ3) is 5.56. The van der Waals surface area contributed by atoms with E-state index in [0.717, 1.165) is 50.8 Å². The van der Waals surface area contributed by atoms with Gasteiger partial charge in [-0.25, -0.2) is 0 Å². The highest BCUT2D eigenvalue weighted by Gasteiger charge is 2.11. The number of rotatable bonds is 10. The minimum absolute atomic E-state index is 0.880. The van der Waals surface area contributed by atoms with Gasteiger partial charge in [-0.15, -0.1) is 0 Å². The summed E-state index contributed by atoms with van der Waals surface area (Å²) in [6, 6.07) is 5.99. The molecule has 4 nitrogen and oxygen atoms in total. The van der Waals surface area contributed by atoms with Gasteiger partial charge in [0.15, 0.2) is 0 Å². The van der Waals surface area contributed by atoms with Crippen LogP contribution >= 0.6 is 0 Å². The van der Waals surface area contributed by atoms with Crippen LogP contribution in [0, 0.1) is 0 Å². The van der Waals surface area contributed by atoms with E-state index < -0.39 is 0 Å². The maximum Gasteiger partial charge on any atom is 0.123 e. The average Bonchev–Trinajstić information content (AvgIpc) is 2.54. The van der Waals surface area contributed by atoms with Gasteiger partial charge in [0.25, 0.3) is 0 Å². The van der Waals surface area contributed by atoms with Gasteiger partial charge in [0.05, 0.1) is 14.2 Å². The van der Waals surface area contributed by atoms with Gasteiger partial charge < -0.3 is 14.4 Å². The lowest BCUT2D eigenvalue weighted by Crippen LogP contribution is -2.34. The highest BCUT2D eigenvalue weighted by molar-refractivity contribution is 5.40. The lowest BCUT2D eigenvalue weighted by molar-refractivity contribution is 0.213. The molecule has 120 valence electrons. The maximum atomic E-state index is 5.47. The molecule has 0 aromatic heterocycles. The Hall–Kier alpha value is -1.26. The first-order chi connectivity index (χ1) is 10.2. The van der Waals surface area contributed by atoms with Crippen LogP contribution in [0.5, 0.6) is 11.5 Å². The molecule has 21 heavy (non-hydrogen) atoms. The van der Waals surface area contributed by atoms with Gasteiger partial charge in [-0.3, -0.25) is 4.90 Å². The van der Waals surface area contributed by atoms with Crippen LogP contribution < -0.4 is 9.47 Å². The molecule has 0 heterocycles. The zero-order valence-corrected chi connectivity index (χ0v) is 14.2. The molecule has 0 spiro atoms. The van der Waals surface area contributed by atoms with Crippen molar-refractivity contribution in [1.29, 1.82) is 0 Å². The molecule has 0 aliphatic carbocycles. The second-order valence-electron chi connectivity index (χ2n) is 5.07. The first kappa shape index (κ1) is 17.8. The Bertz CT molecular complexity index is 406. The summed E-state index contributed by atoms with van der Waals surface area (Å²) >= 11 is 0. The molecule has 4 heteroatoms. The van der Waals surface area contributed by atoms with Crippen LogP contribution in [0.15, 0.2) is 18.2 Å². The summed E-state index contributed by atoms with van der Waals surface area (Å²) in [5.41, 5.74) is 1.18. The predicted molar refractivity (Wildman–Crippen MR) is 88.3 cm³/mol. The summed E-state index contributed by atoms with van der Waals surface area (Å²) in [6.45, 7) is 12.9. The fourth-order valence-corrected chi connectivity index (χ4v) is 2.42. The molecule has 0 amide bonds. The summed E-state index contributed by atoms with van der Waals surface area (Å²) in [5, 5.41) is 0. The van der Waals surface area contributed by atoms with E-state index in [2.05, 4.69) is 36.6 Å². The summed E-state index contributed by atoms with van der Waals surface area (Å²) < 4.78 is 10.8. The molecule has 0 bridgehead atoms. The van der Waals surface area contributed by atoms with E-state index in [0.29, 0.717) is 0 Å². The molecule has 1 rings (SSSR count). The van der Waals surface area contributed by atoms with Crippen LogP contribution in [-0.4, -0.2) is 56.7 Å². The van der Waals surface area contributed by atoms with Gasteiger partial charge in [-0.2, -0.15) is 0 Å². The number of hydrogen-bond donors (Lipinski definition) is 0. The Balaban J connectivity index is 2.71. The molecule has 0 saturated carbocycles. The second kappa shape index (κ2) is 9.64. The SMILES string of the molecule is CCN(CC)CCN(CC)Cc1cc(OC)ccc1OC. The van der Waals surface area contributed by atoms with Crippen molar-refractivity contribution in [3.8, 4) is 11.5 Å².